The summed E-state index contributed by atoms with van der Waals surface area (Å²) < 4.78 is 2.18. The quantitative estimate of drug-likeness (QED) is 0.191. The van der Waals surface area contributed by atoms with Gasteiger partial charge in [-0.3, -0.25) is 5.41 Å². The second kappa shape index (κ2) is 9.88. The highest BCUT2D eigenvalue weighted by Crippen LogP contribution is 2.27. The Hall–Kier alpha value is -2.98. The molecule has 2 heterocycles. The monoisotopic (exact) mass is 427 g/mol. The molecule has 0 radical (unpaired) electrons. The molecule has 0 aliphatic heterocycles. The average molecular weight is 428 g/mol. The maximum Gasteiger partial charge on any atom is 0.0784 e. The van der Waals surface area contributed by atoms with Gasteiger partial charge in [-0.25, -0.2) is 0 Å². The molecule has 0 fully saturated rings. The van der Waals surface area contributed by atoms with Crippen molar-refractivity contribution in [3.05, 3.63) is 88.2 Å². The van der Waals surface area contributed by atoms with E-state index in [4.69, 9.17) is 10.8 Å². The van der Waals surface area contributed by atoms with Gasteiger partial charge in [0.2, 0.25) is 0 Å². The second-order valence-corrected chi connectivity index (χ2v) is 8.92. The van der Waals surface area contributed by atoms with Crippen LogP contribution in [0.5, 0.6) is 0 Å². The van der Waals surface area contributed by atoms with Crippen LogP contribution in [0.2, 0.25) is 0 Å². The van der Waals surface area contributed by atoms with Crippen LogP contribution in [0.25, 0.3) is 16.6 Å². The first-order valence-electron chi connectivity index (χ1n) is 11.1. The lowest BCUT2D eigenvalue weighted by Gasteiger charge is -2.07. The van der Waals surface area contributed by atoms with Gasteiger partial charge in [-0.1, -0.05) is 69.0 Å². The van der Waals surface area contributed by atoms with E-state index >= 15 is 0 Å². The normalized spacial score (nSPS) is 11.1. The van der Waals surface area contributed by atoms with Crippen LogP contribution in [-0.4, -0.2) is 16.0 Å². The van der Waals surface area contributed by atoms with E-state index in [9.17, 15) is 0 Å². The summed E-state index contributed by atoms with van der Waals surface area (Å²) in [4.78, 5) is 0.980. The average Bonchev–Trinajstić information content (AvgIpc) is 3.47. The topological polar surface area (TPSA) is 52.6 Å². The molecule has 4 rings (SSSR count). The highest BCUT2D eigenvalue weighted by Gasteiger charge is 2.14. The van der Waals surface area contributed by atoms with Gasteiger partial charge < -0.3 is 9.98 Å². The lowest BCUT2D eigenvalue weighted by Crippen LogP contribution is -2.00. The Balaban J connectivity index is 1.58. The van der Waals surface area contributed by atoms with Crippen LogP contribution in [0.4, 0.5) is 0 Å². The van der Waals surface area contributed by atoms with Gasteiger partial charge in [0.15, 0.2) is 0 Å². The standard InChI is InChI=1S/C27H29N3S/c1-2-3-4-5-6-11-24(28)23-19-30(25-12-8-7-10-22(23)25)21-16-14-20(15-17-21)27(29)26-13-9-18-31-26/h7-10,12-19,28-29H,2-6,11H2,1H3. The van der Waals surface area contributed by atoms with Crippen LogP contribution in [0.15, 0.2) is 72.2 Å². The van der Waals surface area contributed by atoms with Crippen LogP contribution in [0, 0.1) is 10.8 Å². The van der Waals surface area contributed by atoms with Crippen molar-refractivity contribution in [1.29, 1.82) is 10.8 Å². The maximum absolute atomic E-state index is 8.70. The zero-order chi connectivity index (χ0) is 21.6. The minimum atomic E-state index is 0.560. The highest BCUT2D eigenvalue weighted by atomic mass is 32.1. The van der Waals surface area contributed by atoms with E-state index in [0.29, 0.717) is 5.71 Å². The predicted molar refractivity (Wildman–Crippen MR) is 134 cm³/mol. The summed E-state index contributed by atoms with van der Waals surface area (Å²) in [5, 5.41) is 20.3. The van der Waals surface area contributed by atoms with Crippen molar-refractivity contribution in [2.24, 2.45) is 0 Å². The lowest BCUT2D eigenvalue weighted by atomic mass is 10.0. The Morgan fingerprint density at radius 1 is 0.871 bits per heavy atom. The number of nitrogens with zero attached hydrogens (tertiary/aromatic N) is 1. The molecule has 0 aliphatic rings. The molecule has 4 aromatic rings. The SMILES string of the molecule is CCCCCCCC(=N)c1cn(-c2ccc(C(=N)c3cccs3)cc2)c2ccccc12. The van der Waals surface area contributed by atoms with Gasteiger partial charge in [0.1, 0.15) is 0 Å². The van der Waals surface area contributed by atoms with Gasteiger partial charge in [0.05, 0.1) is 16.1 Å². The van der Waals surface area contributed by atoms with Crippen molar-refractivity contribution < 1.29 is 0 Å². The minimum absolute atomic E-state index is 0.560. The zero-order valence-corrected chi connectivity index (χ0v) is 18.8. The Labute approximate surface area is 188 Å². The Morgan fingerprint density at radius 2 is 1.65 bits per heavy atom. The molecular formula is C27H29N3S. The summed E-state index contributed by atoms with van der Waals surface area (Å²) in [5.41, 5.74) is 5.41. The van der Waals surface area contributed by atoms with Gasteiger partial charge in [0, 0.05) is 34.1 Å². The molecule has 0 unspecified atom stereocenters. The molecular weight excluding hydrogens is 398 g/mol. The van der Waals surface area contributed by atoms with Crippen LogP contribution >= 0.6 is 11.3 Å². The number of hydrogen-bond acceptors (Lipinski definition) is 3. The van der Waals surface area contributed by atoms with E-state index in [1.165, 1.54) is 25.7 Å². The number of nitrogens with one attached hydrogen (secondary N) is 2. The number of aromatic nitrogens is 1. The molecule has 2 aromatic heterocycles. The first-order valence-corrected chi connectivity index (χ1v) is 12.0. The molecule has 158 valence electrons. The molecule has 0 atom stereocenters. The van der Waals surface area contributed by atoms with Gasteiger partial charge in [-0.15, -0.1) is 11.3 Å². The summed E-state index contributed by atoms with van der Waals surface area (Å²) in [6.07, 6.45) is 9.01. The van der Waals surface area contributed by atoms with E-state index in [1.807, 2.05) is 29.6 Å². The molecule has 3 nitrogen and oxygen atoms in total. The number of benzene rings is 2. The van der Waals surface area contributed by atoms with Crippen molar-refractivity contribution in [1.82, 2.24) is 4.57 Å². The fraction of sp³-hybridized carbons (Fsp3) is 0.259. The van der Waals surface area contributed by atoms with Crippen LogP contribution in [0.3, 0.4) is 0 Å². The molecule has 0 saturated carbocycles. The van der Waals surface area contributed by atoms with Crippen molar-refractivity contribution in [2.75, 3.05) is 0 Å². The van der Waals surface area contributed by atoms with E-state index in [2.05, 4.69) is 54.1 Å². The van der Waals surface area contributed by atoms with Crippen molar-refractivity contribution in [3.63, 3.8) is 0 Å². The lowest BCUT2D eigenvalue weighted by molar-refractivity contribution is 0.643. The second-order valence-electron chi connectivity index (χ2n) is 7.97. The Kier molecular flexibility index (Phi) is 6.78. The van der Waals surface area contributed by atoms with Crippen molar-refractivity contribution in [3.8, 4) is 5.69 Å². The summed E-state index contributed by atoms with van der Waals surface area (Å²) >= 11 is 1.59. The number of hydrogen-bond donors (Lipinski definition) is 2. The summed E-state index contributed by atoms with van der Waals surface area (Å²) in [6, 6.07) is 20.5. The predicted octanol–water partition coefficient (Wildman–Crippen LogP) is 7.84. The Bertz CT molecular complexity index is 1170. The van der Waals surface area contributed by atoms with E-state index < -0.39 is 0 Å². The Morgan fingerprint density at radius 3 is 2.39 bits per heavy atom. The first kappa shape index (κ1) is 21.3. The van der Waals surface area contributed by atoms with Crippen LogP contribution < -0.4 is 0 Å². The number of fused-ring (bicyclic) bond motifs is 1. The molecule has 0 saturated heterocycles. The molecule has 0 amide bonds. The highest BCUT2D eigenvalue weighted by molar-refractivity contribution is 7.12. The third-order valence-electron chi connectivity index (χ3n) is 5.77. The summed E-state index contributed by atoms with van der Waals surface area (Å²) in [5.74, 6) is 0. The number of para-hydroxylation sites is 1. The third-order valence-corrected chi connectivity index (χ3v) is 6.66. The molecule has 31 heavy (non-hydrogen) atoms. The molecule has 0 bridgehead atoms. The van der Waals surface area contributed by atoms with Gasteiger partial charge in [-0.05, 0) is 42.5 Å². The fourth-order valence-electron chi connectivity index (χ4n) is 4.03. The van der Waals surface area contributed by atoms with Crippen molar-refractivity contribution in [2.45, 2.75) is 45.4 Å². The van der Waals surface area contributed by atoms with Crippen LogP contribution in [-0.2, 0) is 0 Å². The van der Waals surface area contributed by atoms with Crippen molar-refractivity contribution >= 4 is 33.7 Å². The molecule has 0 aliphatic carbocycles. The van der Waals surface area contributed by atoms with E-state index in [-0.39, 0.29) is 0 Å². The molecule has 2 aromatic carbocycles. The van der Waals surface area contributed by atoms with Crippen LogP contribution in [0.1, 0.15) is 61.5 Å². The summed E-state index contributed by atoms with van der Waals surface area (Å²) in [7, 11) is 0. The molecule has 4 heteroatoms. The van der Waals surface area contributed by atoms with E-state index in [0.717, 1.165) is 51.1 Å². The first-order chi connectivity index (χ1) is 15.2. The number of thiophene rings is 1. The van der Waals surface area contributed by atoms with Gasteiger partial charge in [0.25, 0.3) is 0 Å². The summed E-state index contributed by atoms with van der Waals surface area (Å²) in [6.45, 7) is 2.23. The largest absolute Gasteiger partial charge is 0.316 e. The third kappa shape index (κ3) is 4.70. The molecule has 2 N–H and O–H groups in total. The van der Waals surface area contributed by atoms with Gasteiger partial charge in [-0.2, -0.15) is 0 Å². The number of unbranched alkanes of at least 4 members (excludes halogenated alkanes) is 4. The smallest absolute Gasteiger partial charge is 0.0784 e. The zero-order valence-electron chi connectivity index (χ0n) is 18.0. The fourth-order valence-corrected chi connectivity index (χ4v) is 4.72. The minimum Gasteiger partial charge on any atom is -0.316 e. The van der Waals surface area contributed by atoms with E-state index in [1.54, 1.807) is 11.3 Å². The maximum atomic E-state index is 8.70. The molecule has 0 spiro atoms. The number of rotatable bonds is 10. The van der Waals surface area contributed by atoms with Gasteiger partial charge >= 0.3 is 0 Å².